The molecule has 1 aromatic heterocycles. The van der Waals surface area contributed by atoms with Crippen LogP contribution in [0.5, 0.6) is 11.6 Å². The van der Waals surface area contributed by atoms with E-state index in [9.17, 15) is 10.1 Å². The molecule has 8 heteroatoms. The van der Waals surface area contributed by atoms with Gasteiger partial charge in [0.15, 0.2) is 5.75 Å². The lowest BCUT2D eigenvalue weighted by molar-refractivity contribution is -0.384. The number of nitriles is 1. The first-order chi connectivity index (χ1) is 9.93. The number of aromatic nitrogens is 1. The van der Waals surface area contributed by atoms with E-state index in [4.69, 9.17) is 33.2 Å². The highest BCUT2D eigenvalue weighted by molar-refractivity contribution is 6.37. The van der Waals surface area contributed by atoms with Crippen molar-refractivity contribution in [3.8, 4) is 17.7 Å². The van der Waals surface area contributed by atoms with E-state index in [0.717, 1.165) is 12.1 Å². The number of benzene rings is 1. The Kier molecular flexibility index (Phi) is 4.26. The third kappa shape index (κ3) is 3.05. The minimum Gasteiger partial charge on any atom is -0.435 e. The molecule has 0 aliphatic heterocycles. The summed E-state index contributed by atoms with van der Waals surface area (Å²) in [5, 5.41) is 19.7. The molecule has 106 valence electrons. The summed E-state index contributed by atoms with van der Waals surface area (Å²) in [5.41, 5.74) is 0.662. The van der Waals surface area contributed by atoms with Gasteiger partial charge in [-0.15, -0.1) is 0 Å². The molecule has 0 aliphatic rings. The highest BCUT2D eigenvalue weighted by Crippen LogP contribution is 2.39. The second-order valence-corrected chi connectivity index (χ2v) is 4.83. The molecule has 0 N–H and O–H groups in total. The van der Waals surface area contributed by atoms with Crippen molar-refractivity contribution in [1.82, 2.24) is 4.98 Å². The predicted molar refractivity (Wildman–Crippen MR) is 76.9 cm³/mol. The first-order valence-electron chi connectivity index (χ1n) is 5.61. The Bertz CT molecular complexity index is 749. The summed E-state index contributed by atoms with van der Waals surface area (Å²) in [6.45, 7) is 1.73. The Balaban J connectivity index is 2.49. The van der Waals surface area contributed by atoms with Crippen LogP contribution < -0.4 is 4.74 Å². The van der Waals surface area contributed by atoms with Crippen LogP contribution in [0.4, 0.5) is 5.69 Å². The number of hydrogen-bond acceptors (Lipinski definition) is 5. The Morgan fingerprint density at radius 2 is 2.00 bits per heavy atom. The summed E-state index contributed by atoms with van der Waals surface area (Å²) in [6, 6.07) is 5.86. The topological polar surface area (TPSA) is 89.1 Å². The fourth-order valence-electron chi connectivity index (χ4n) is 1.59. The largest absolute Gasteiger partial charge is 0.435 e. The Morgan fingerprint density at radius 3 is 2.52 bits per heavy atom. The van der Waals surface area contributed by atoms with Gasteiger partial charge < -0.3 is 4.74 Å². The zero-order valence-corrected chi connectivity index (χ0v) is 12.1. The first-order valence-corrected chi connectivity index (χ1v) is 6.36. The maximum absolute atomic E-state index is 10.7. The van der Waals surface area contributed by atoms with Gasteiger partial charge in [0, 0.05) is 18.3 Å². The monoisotopic (exact) mass is 323 g/mol. The Hall–Kier alpha value is -2.36. The lowest BCUT2D eigenvalue weighted by Crippen LogP contribution is -1.96. The minimum absolute atomic E-state index is 0.0125. The van der Waals surface area contributed by atoms with Crippen LogP contribution in [0.25, 0.3) is 0 Å². The summed E-state index contributed by atoms with van der Waals surface area (Å²) in [7, 11) is 0. The van der Waals surface area contributed by atoms with Crippen LogP contribution in [-0.2, 0) is 0 Å². The van der Waals surface area contributed by atoms with Gasteiger partial charge in [0.2, 0.25) is 5.88 Å². The van der Waals surface area contributed by atoms with Gasteiger partial charge in [-0.1, -0.05) is 23.2 Å². The number of aryl methyl sites for hydroxylation is 1. The standard InChI is InChI=1S/C13H7Cl2N3O3/c1-7-2-3-17-13(9(7)6-16)21-12-10(14)4-8(18(19)20)5-11(12)15/h2-5H,1H3. The summed E-state index contributed by atoms with van der Waals surface area (Å²) in [6.07, 6.45) is 1.47. The number of nitro groups is 1. The molecule has 21 heavy (non-hydrogen) atoms. The number of hydrogen-bond donors (Lipinski definition) is 0. The number of rotatable bonds is 3. The molecule has 0 fully saturated rings. The summed E-state index contributed by atoms with van der Waals surface area (Å²) in [4.78, 5) is 14.0. The summed E-state index contributed by atoms with van der Waals surface area (Å²) >= 11 is 11.9. The number of non-ortho nitro benzene ring substituents is 1. The van der Waals surface area contributed by atoms with Crippen molar-refractivity contribution >= 4 is 28.9 Å². The molecule has 0 saturated carbocycles. The third-order valence-corrected chi connectivity index (χ3v) is 3.19. The van der Waals surface area contributed by atoms with Crippen LogP contribution in [-0.4, -0.2) is 9.91 Å². The third-order valence-electron chi connectivity index (χ3n) is 2.63. The number of pyridine rings is 1. The van der Waals surface area contributed by atoms with E-state index in [-0.39, 0.29) is 32.9 Å². The number of halogens is 2. The Labute approximate surface area is 129 Å². The van der Waals surface area contributed by atoms with Crippen molar-refractivity contribution in [2.24, 2.45) is 0 Å². The van der Waals surface area contributed by atoms with Gasteiger partial charge in [-0.3, -0.25) is 10.1 Å². The molecule has 0 unspecified atom stereocenters. The normalized spacial score (nSPS) is 10.0. The van der Waals surface area contributed by atoms with Crippen LogP contribution in [0.3, 0.4) is 0 Å². The van der Waals surface area contributed by atoms with E-state index in [2.05, 4.69) is 4.98 Å². The molecule has 0 atom stereocenters. The van der Waals surface area contributed by atoms with Gasteiger partial charge in [-0.2, -0.15) is 5.26 Å². The van der Waals surface area contributed by atoms with Crippen LogP contribution in [0.15, 0.2) is 24.4 Å². The Morgan fingerprint density at radius 1 is 1.38 bits per heavy atom. The number of nitrogens with zero attached hydrogens (tertiary/aromatic N) is 3. The minimum atomic E-state index is -0.618. The summed E-state index contributed by atoms with van der Waals surface area (Å²) < 4.78 is 5.46. The SMILES string of the molecule is Cc1ccnc(Oc2c(Cl)cc([N+](=O)[O-])cc2Cl)c1C#N. The van der Waals surface area contributed by atoms with Gasteiger partial charge in [-0.05, 0) is 18.6 Å². The van der Waals surface area contributed by atoms with E-state index in [1.54, 1.807) is 13.0 Å². The fraction of sp³-hybridized carbons (Fsp3) is 0.0769. The van der Waals surface area contributed by atoms with Crippen molar-refractivity contribution in [3.63, 3.8) is 0 Å². The van der Waals surface area contributed by atoms with Gasteiger partial charge in [0.1, 0.15) is 11.6 Å². The maximum Gasteiger partial charge on any atom is 0.272 e. The zero-order chi connectivity index (χ0) is 15.6. The highest BCUT2D eigenvalue weighted by atomic mass is 35.5. The van der Waals surface area contributed by atoms with Gasteiger partial charge >= 0.3 is 0 Å². The second-order valence-electron chi connectivity index (χ2n) is 4.02. The van der Waals surface area contributed by atoms with Crippen LogP contribution >= 0.6 is 23.2 Å². The average Bonchev–Trinajstić information content (AvgIpc) is 2.42. The van der Waals surface area contributed by atoms with E-state index in [1.807, 2.05) is 6.07 Å². The van der Waals surface area contributed by atoms with Gasteiger partial charge in [0.05, 0.1) is 15.0 Å². The molecule has 1 aromatic carbocycles. The molecule has 0 aliphatic carbocycles. The van der Waals surface area contributed by atoms with E-state index < -0.39 is 4.92 Å². The quantitative estimate of drug-likeness (QED) is 0.621. The summed E-state index contributed by atoms with van der Waals surface area (Å²) in [5.74, 6) is 0.0497. The smallest absolute Gasteiger partial charge is 0.272 e. The zero-order valence-electron chi connectivity index (χ0n) is 10.6. The van der Waals surface area contributed by atoms with Gasteiger partial charge in [-0.25, -0.2) is 4.98 Å². The highest BCUT2D eigenvalue weighted by Gasteiger charge is 2.18. The first kappa shape index (κ1) is 15.0. The van der Waals surface area contributed by atoms with E-state index >= 15 is 0 Å². The van der Waals surface area contributed by atoms with Crippen molar-refractivity contribution in [2.75, 3.05) is 0 Å². The van der Waals surface area contributed by atoms with E-state index in [1.165, 1.54) is 6.20 Å². The fourth-order valence-corrected chi connectivity index (χ4v) is 2.15. The molecule has 0 saturated heterocycles. The second kappa shape index (κ2) is 5.95. The number of ether oxygens (including phenoxy) is 1. The van der Waals surface area contributed by atoms with Crippen molar-refractivity contribution in [1.29, 1.82) is 5.26 Å². The molecular weight excluding hydrogens is 317 g/mol. The molecular formula is C13H7Cl2N3O3. The van der Waals surface area contributed by atoms with Crippen LogP contribution in [0.1, 0.15) is 11.1 Å². The molecule has 2 rings (SSSR count). The lowest BCUT2D eigenvalue weighted by atomic mass is 10.2. The average molecular weight is 324 g/mol. The molecule has 1 heterocycles. The lowest BCUT2D eigenvalue weighted by Gasteiger charge is -2.10. The molecule has 0 bridgehead atoms. The van der Waals surface area contributed by atoms with Crippen molar-refractivity contribution in [2.45, 2.75) is 6.92 Å². The molecule has 6 nitrogen and oxygen atoms in total. The van der Waals surface area contributed by atoms with Gasteiger partial charge in [0.25, 0.3) is 5.69 Å². The maximum atomic E-state index is 10.7. The molecule has 2 aromatic rings. The van der Waals surface area contributed by atoms with E-state index in [0.29, 0.717) is 5.56 Å². The van der Waals surface area contributed by atoms with Crippen molar-refractivity contribution < 1.29 is 9.66 Å². The molecule has 0 radical (unpaired) electrons. The number of nitro benzene ring substituents is 1. The molecule has 0 amide bonds. The molecule has 0 spiro atoms. The van der Waals surface area contributed by atoms with Crippen molar-refractivity contribution in [3.05, 3.63) is 55.7 Å². The van der Waals surface area contributed by atoms with Crippen LogP contribution in [0.2, 0.25) is 10.0 Å². The van der Waals surface area contributed by atoms with Crippen LogP contribution in [0, 0.1) is 28.4 Å². The predicted octanol–water partition coefficient (Wildman–Crippen LogP) is 4.27.